The van der Waals surface area contributed by atoms with Crippen molar-refractivity contribution in [1.29, 1.82) is 0 Å². The summed E-state index contributed by atoms with van der Waals surface area (Å²) in [6, 6.07) is 15.7. The molecule has 4 rings (SSSR count). The van der Waals surface area contributed by atoms with E-state index in [2.05, 4.69) is 42.7 Å². The smallest absolute Gasteiger partial charge is 0.296 e. The maximum absolute atomic E-state index is 11.5. The first-order valence-electron chi connectivity index (χ1n) is 17.2. The van der Waals surface area contributed by atoms with Crippen LogP contribution >= 0.6 is 34.8 Å². The highest BCUT2D eigenvalue weighted by Gasteiger charge is 2.17. The topological polar surface area (TPSA) is 319 Å². The zero-order chi connectivity index (χ0) is 45.1. The largest absolute Gasteiger partial charge is 0.491 e. The summed E-state index contributed by atoms with van der Waals surface area (Å²) < 4.78 is 108. The molecule has 0 aliphatic carbocycles. The third-order valence-corrected chi connectivity index (χ3v) is 11.1. The fourth-order valence-electron chi connectivity index (χ4n) is 4.81. The van der Waals surface area contributed by atoms with E-state index >= 15 is 0 Å². The van der Waals surface area contributed by atoms with Crippen molar-refractivity contribution in [2.75, 3.05) is 52.1 Å². The van der Waals surface area contributed by atoms with E-state index in [0.717, 1.165) is 12.1 Å². The van der Waals surface area contributed by atoms with Gasteiger partial charge in [-0.05, 0) is 74.4 Å². The molecule has 20 nitrogen and oxygen atoms in total. The normalized spacial score (nSPS) is 12.6. The van der Waals surface area contributed by atoms with Crippen molar-refractivity contribution < 1.29 is 48.4 Å². The molecule has 0 bridgehead atoms. The lowest BCUT2D eigenvalue weighted by Crippen LogP contribution is -2.18. The number of nitrogens with zero attached hydrogens (tertiary/aromatic N) is 4. The number of anilines is 5. The number of aliphatic imine (C=N–C) groups is 2. The second-order valence-corrected chi connectivity index (χ2v) is 18.3. The molecule has 0 spiro atoms. The van der Waals surface area contributed by atoms with Gasteiger partial charge in [-0.1, -0.05) is 41.4 Å². The van der Waals surface area contributed by atoms with Crippen LogP contribution in [0.2, 0.25) is 15.1 Å². The number of azo groups is 1. The molecule has 0 saturated carbocycles. The molecular weight excluding hydrogens is 925 g/mol. The molecule has 0 aliphatic heterocycles. The van der Waals surface area contributed by atoms with E-state index in [4.69, 9.17) is 60.3 Å². The number of amidine groups is 1. The minimum Gasteiger partial charge on any atom is -0.491 e. The van der Waals surface area contributed by atoms with Gasteiger partial charge < -0.3 is 36.9 Å². The van der Waals surface area contributed by atoms with Gasteiger partial charge in [0.05, 0.1) is 62.5 Å². The molecule has 61 heavy (non-hydrogen) atoms. The fourth-order valence-corrected chi connectivity index (χ4v) is 7.16. The number of rotatable bonds is 18. The van der Waals surface area contributed by atoms with Gasteiger partial charge in [0.25, 0.3) is 30.4 Å². The third-order valence-electron chi connectivity index (χ3n) is 7.50. The number of nitrogens with one attached hydrogen (secondary N) is 3. The molecule has 4 aromatic carbocycles. The van der Waals surface area contributed by atoms with Crippen molar-refractivity contribution in [2.24, 2.45) is 20.2 Å². The van der Waals surface area contributed by atoms with Gasteiger partial charge in [-0.3, -0.25) is 13.7 Å². The van der Waals surface area contributed by atoms with Gasteiger partial charge in [-0.15, -0.1) is 5.11 Å². The van der Waals surface area contributed by atoms with Crippen molar-refractivity contribution in [2.45, 2.75) is 24.7 Å². The van der Waals surface area contributed by atoms with E-state index in [1.165, 1.54) is 30.3 Å². The quantitative estimate of drug-likeness (QED) is 0.0118. The highest BCUT2D eigenvalue weighted by Crippen LogP contribution is 2.38. The number of hydrogen-bond acceptors (Lipinski definition) is 14. The van der Waals surface area contributed by atoms with E-state index in [-0.39, 0.29) is 98.7 Å². The van der Waals surface area contributed by atoms with Crippen LogP contribution in [0.15, 0.2) is 104 Å². The van der Waals surface area contributed by atoms with Crippen molar-refractivity contribution in [3.8, 4) is 11.5 Å². The minimum absolute atomic E-state index is 0.0189. The second-order valence-electron chi connectivity index (χ2n) is 12.5. The zero-order valence-electron chi connectivity index (χ0n) is 31.7. The fraction of sp³-hybridized carbons (Fsp3) is 0.200. The lowest BCUT2D eigenvalue weighted by atomic mass is 10.2. The molecule has 0 atom stereocenters. The summed E-state index contributed by atoms with van der Waals surface area (Å²) >= 11 is 18.9. The van der Waals surface area contributed by atoms with Crippen LogP contribution < -0.4 is 36.9 Å². The van der Waals surface area contributed by atoms with Crippen molar-refractivity contribution >= 4 is 117 Å². The van der Waals surface area contributed by atoms with Crippen LogP contribution in [0.5, 0.6) is 11.5 Å². The lowest BCUT2D eigenvalue weighted by molar-refractivity contribution is 0.318. The first-order chi connectivity index (χ1) is 28.5. The van der Waals surface area contributed by atoms with Crippen molar-refractivity contribution in [3.63, 3.8) is 0 Å². The van der Waals surface area contributed by atoms with E-state index in [1.807, 2.05) is 0 Å². The van der Waals surface area contributed by atoms with Crippen LogP contribution in [0.3, 0.4) is 0 Å². The molecule has 10 N–H and O–H groups in total. The Morgan fingerprint density at radius 3 is 1.85 bits per heavy atom. The molecule has 0 radical (unpaired) electrons. The number of nitrogens with two attached hydrogens (primary N) is 2. The highest BCUT2D eigenvalue weighted by molar-refractivity contribution is 7.86. The SMILES string of the molecule is C=C(/N=C(\N=C(/C)Nc1cc(Cl)c(N=Nc2ccc(S(=O)(=O)O)c(Cl)c2)cc1OCCCS(=O)(=O)O)Nc1cc(Cl)c(N)cc1OCCCS(=O)(=O)O)Nc1ccc(N)cc1. The van der Waals surface area contributed by atoms with Crippen LogP contribution in [0.1, 0.15) is 19.8 Å². The maximum Gasteiger partial charge on any atom is 0.296 e. The number of guanidine groups is 1. The van der Waals surface area contributed by atoms with Gasteiger partial charge in [0.2, 0.25) is 5.96 Å². The molecule has 328 valence electrons. The van der Waals surface area contributed by atoms with Crippen LogP contribution in [0.4, 0.5) is 39.8 Å². The Morgan fingerprint density at radius 1 is 0.705 bits per heavy atom. The molecule has 4 aromatic rings. The summed E-state index contributed by atoms with van der Waals surface area (Å²) in [5.74, 6) is -0.850. The average molecular weight is 963 g/mol. The zero-order valence-corrected chi connectivity index (χ0v) is 36.4. The number of ether oxygens (including phenoxy) is 2. The van der Waals surface area contributed by atoms with E-state index < -0.39 is 46.8 Å². The maximum atomic E-state index is 11.5. The summed E-state index contributed by atoms with van der Waals surface area (Å²) in [6.45, 7) is 5.15. The molecular formula is C35H38Cl3N9O11S3. The van der Waals surface area contributed by atoms with Crippen LogP contribution in [0, 0.1) is 0 Å². The second kappa shape index (κ2) is 21.0. The Labute approximate surface area is 366 Å². The Hall–Kier alpha value is -5.24. The number of halogens is 3. The summed E-state index contributed by atoms with van der Waals surface area (Å²) in [5, 5.41) is 17.0. The molecule has 0 fully saturated rings. The number of hydrogen-bond donors (Lipinski definition) is 8. The van der Waals surface area contributed by atoms with Crippen LogP contribution in [-0.4, -0.2) is 75.4 Å². The van der Waals surface area contributed by atoms with E-state index in [0.29, 0.717) is 11.4 Å². The number of nitrogen functional groups attached to an aromatic ring is 2. The van der Waals surface area contributed by atoms with Crippen molar-refractivity contribution in [3.05, 3.63) is 94.2 Å². The first-order valence-corrected chi connectivity index (χ1v) is 23.0. The minimum atomic E-state index is -4.60. The van der Waals surface area contributed by atoms with Gasteiger partial charge >= 0.3 is 0 Å². The van der Waals surface area contributed by atoms with Gasteiger partial charge in [-0.25, -0.2) is 0 Å². The predicted molar refractivity (Wildman–Crippen MR) is 237 cm³/mol. The van der Waals surface area contributed by atoms with Gasteiger partial charge in [0.1, 0.15) is 33.7 Å². The third kappa shape index (κ3) is 16.3. The lowest BCUT2D eigenvalue weighted by Gasteiger charge is -2.17. The summed E-state index contributed by atoms with van der Waals surface area (Å²) in [7, 11) is -13.1. The van der Waals surface area contributed by atoms with E-state index in [9.17, 15) is 34.4 Å². The van der Waals surface area contributed by atoms with Gasteiger partial charge in [0.15, 0.2) is 0 Å². The molecule has 0 saturated heterocycles. The van der Waals surface area contributed by atoms with Crippen molar-refractivity contribution in [1.82, 2.24) is 0 Å². The Bertz CT molecular complexity index is 2700. The summed E-state index contributed by atoms with van der Waals surface area (Å²) in [5.41, 5.74) is 13.6. The monoisotopic (exact) mass is 961 g/mol. The van der Waals surface area contributed by atoms with Crippen LogP contribution in [-0.2, 0) is 30.4 Å². The molecule has 0 unspecified atom stereocenters. The Balaban J connectivity index is 1.72. The average Bonchev–Trinajstić information content (AvgIpc) is 3.13. The molecule has 0 aliphatic rings. The molecule has 26 heteroatoms. The van der Waals surface area contributed by atoms with Crippen LogP contribution in [0.25, 0.3) is 0 Å². The summed E-state index contributed by atoms with van der Waals surface area (Å²) in [6.07, 6.45) is -0.176. The van der Waals surface area contributed by atoms with Gasteiger partial charge in [-0.2, -0.15) is 40.4 Å². The molecule has 0 aromatic heterocycles. The highest BCUT2D eigenvalue weighted by atomic mass is 35.5. The Morgan fingerprint density at radius 2 is 1.28 bits per heavy atom. The first kappa shape index (κ1) is 48.4. The molecule has 0 amide bonds. The standard InChI is InChI=1S/C35H38Cl3N9O11S3/c1-20(41-23-7-5-22(39)6-8-23)43-35(45-31-16-25(36)28(40)18-32(31)57-11-3-13-59(48,49)50)44-21(2)42-30-17-26(37)29(19-33(30)58-12-4-14-60(51,52)53)47-46-24-9-10-34(27(38)15-24)61(54,55)56/h5-10,15-19,41H,1,3-4,11-14,39-40H2,2H3,(H,48,49,50)(H,51,52,53)(H,54,55,56)(H2,42,43,44,45). The number of benzene rings is 4. The summed E-state index contributed by atoms with van der Waals surface area (Å²) in [4.78, 5) is 8.52. The van der Waals surface area contributed by atoms with Gasteiger partial charge in [0, 0.05) is 23.5 Å². The predicted octanol–water partition coefficient (Wildman–Crippen LogP) is 7.67. The van der Waals surface area contributed by atoms with E-state index in [1.54, 1.807) is 31.2 Å². The molecule has 0 heterocycles. The Kier molecular flexibility index (Phi) is 16.7.